The molecule has 3 aliphatic rings. The fraction of sp³-hybridized carbons (Fsp3) is 0.733. The van der Waals surface area contributed by atoms with E-state index in [1.54, 1.807) is 5.57 Å². The van der Waals surface area contributed by atoms with Crippen LogP contribution >= 0.6 is 0 Å². The fourth-order valence-electron chi connectivity index (χ4n) is 6.87. The van der Waals surface area contributed by atoms with Crippen molar-refractivity contribution < 1.29 is 15.3 Å². The minimum Gasteiger partial charge on any atom is -0.393 e. The molecule has 0 aromatic heterocycles. The molecule has 3 nitrogen and oxygen atoms in total. The first-order valence-electron chi connectivity index (χ1n) is 13.3. The zero-order valence-electron chi connectivity index (χ0n) is 21.5. The standard InChI is InChI=1S/C30H48O3/c1-21(11-8-6-7-9-17-29(3,4)33)26-15-16-27-23(12-10-18-30(26,27)5)13-14-24-19-25(31)20-28(32)22(24)2/h8,11,13-14,21,25-28,31-33H,2,6-7,9-10,12,15-20H2,1,3-5H3/t21-,25-,26-,27+,28+,30-/m1/s1. The van der Waals surface area contributed by atoms with Gasteiger partial charge in [0.05, 0.1) is 17.8 Å². The number of aliphatic hydroxyl groups excluding tert-OH is 2. The van der Waals surface area contributed by atoms with Gasteiger partial charge in [-0.05, 0) is 106 Å². The Morgan fingerprint density at radius 1 is 1.18 bits per heavy atom. The molecule has 3 fully saturated rings. The minimum atomic E-state index is -0.617. The number of fused-ring (bicyclic) bond motifs is 1. The number of rotatable bonds is 8. The number of aliphatic hydroxyl groups is 3. The van der Waals surface area contributed by atoms with Crippen LogP contribution in [0.2, 0.25) is 0 Å². The van der Waals surface area contributed by atoms with Crippen molar-refractivity contribution in [2.75, 3.05) is 0 Å². The normalized spacial score (nSPS) is 36.6. The molecule has 0 amide bonds. The molecule has 0 spiro atoms. The molecule has 0 heterocycles. The predicted octanol–water partition coefficient (Wildman–Crippen LogP) is 6.65. The first kappa shape index (κ1) is 26.4. The minimum absolute atomic E-state index is 0.357. The molecule has 3 rings (SSSR count). The highest BCUT2D eigenvalue weighted by Crippen LogP contribution is 2.59. The van der Waals surface area contributed by atoms with Gasteiger partial charge in [0, 0.05) is 6.42 Å². The van der Waals surface area contributed by atoms with Gasteiger partial charge in [0.15, 0.2) is 0 Å². The largest absolute Gasteiger partial charge is 0.393 e. The molecule has 0 aromatic rings. The summed E-state index contributed by atoms with van der Waals surface area (Å²) in [4.78, 5) is 0. The zero-order chi connectivity index (χ0) is 24.2. The third kappa shape index (κ3) is 6.71. The van der Waals surface area contributed by atoms with Crippen LogP contribution in [0.1, 0.15) is 98.3 Å². The Hall–Kier alpha value is -1.16. The van der Waals surface area contributed by atoms with Crippen molar-refractivity contribution in [1.29, 1.82) is 0 Å². The van der Waals surface area contributed by atoms with E-state index in [-0.39, 0.29) is 0 Å². The first-order chi connectivity index (χ1) is 15.5. The van der Waals surface area contributed by atoms with E-state index in [1.165, 1.54) is 32.1 Å². The highest BCUT2D eigenvalue weighted by atomic mass is 16.3. The molecule has 6 atom stereocenters. The van der Waals surface area contributed by atoms with E-state index in [0.717, 1.165) is 42.7 Å². The second-order valence-corrected chi connectivity index (χ2v) is 12.0. The highest BCUT2D eigenvalue weighted by molar-refractivity contribution is 5.38. The summed E-state index contributed by atoms with van der Waals surface area (Å²) in [6, 6.07) is 0. The quantitative estimate of drug-likeness (QED) is 0.283. The third-order valence-electron chi connectivity index (χ3n) is 8.79. The van der Waals surface area contributed by atoms with E-state index in [2.05, 4.69) is 44.7 Å². The molecule has 0 aliphatic heterocycles. The third-order valence-corrected chi connectivity index (χ3v) is 8.79. The maximum Gasteiger partial charge on any atom is 0.0811 e. The van der Waals surface area contributed by atoms with Crippen molar-refractivity contribution in [1.82, 2.24) is 0 Å². The summed E-state index contributed by atoms with van der Waals surface area (Å²) in [6.45, 7) is 12.8. The summed E-state index contributed by atoms with van der Waals surface area (Å²) in [5.74, 6) is 1.96. The Morgan fingerprint density at radius 2 is 1.94 bits per heavy atom. The van der Waals surface area contributed by atoms with Gasteiger partial charge in [-0.1, -0.05) is 56.7 Å². The Morgan fingerprint density at radius 3 is 2.67 bits per heavy atom. The SMILES string of the molecule is C=C1C(=CC=C2CCC[C@]3(C)[C@@H]([C@H](C)C=CCCCCC(C)(C)O)CC[C@@H]23)C[C@@H](O)C[C@@H]1O. The molecule has 3 aliphatic carbocycles. The van der Waals surface area contributed by atoms with E-state index in [1.807, 2.05) is 13.8 Å². The van der Waals surface area contributed by atoms with Crippen LogP contribution in [0.5, 0.6) is 0 Å². The Labute approximate surface area is 202 Å². The molecule has 186 valence electrons. The second-order valence-electron chi connectivity index (χ2n) is 12.0. The van der Waals surface area contributed by atoms with Crippen LogP contribution in [-0.2, 0) is 0 Å². The monoisotopic (exact) mass is 456 g/mol. The van der Waals surface area contributed by atoms with Gasteiger partial charge in [0.1, 0.15) is 0 Å². The first-order valence-corrected chi connectivity index (χ1v) is 13.3. The predicted molar refractivity (Wildman–Crippen MR) is 138 cm³/mol. The van der Waals surface area contributed by atoms with Gasteiger partial charge in [-0.2, -0.15) is 0 Å². The van der Waals surface area contributed by atoms with Crippen LogP contribution in [0.25, 0.3) is 0 Å². The molecule has 0 saturated heterocycles. The summed E-state index contributed by atoms with van der Waals surface area (Å²) >= 11 is 0. The van der Waals surface area contributed by atoms with Gasteiger partial charge < -0.3 is 15.3 Å². The van der Waals surface area contributed by atoms with Gasteiger partial charge in [0.25, 0.3) is 0 Å². The molecule has 3 heteroatoms. The van der Waals surface area contributed by atoms with Crippen molar-refractivity contribution in [3.05, 3.63) is 47.6 Å². The van der Waals surface area contributed by atoms with Crippen LogP contribution in [-0.4, -0.2) is 33.1 Å². The summed E-state index contributed by atoms with van der Waals surface area (Å²) in [5, 5.41) is 30.1. The van der Waals surface area contributed by atoms with Crippen molar-refractivity contribution in [3.63, 3.8) is 0 Å². The fourth-order valence-corrected chi connectivity index (χ4v) is 6.87. The smallest absolute Gasteiger partial charge is 0.0811 e. The van der Waals surface area contributed by atoms with Crippen LogP contribution in [0.15, 0.2) is 47.6 Å². The van der Waals surface area contributed by atoms with E-state index in [9.17, 15) is 15.3 Å². The van der Waals surface area contributed by atoms with Crippen molar-refractivity contribution >= 4 is 0 Å². The van der Waals surface area contributed by atoms with Crippen LogP contribution in [0, 0.1) is 23.2 Å². The highest BCUT2D eigenvalue weighted by Gasteiger charge is 2.50. The Kier molecular flexibility index (Phi) is 8.86. The molecule has 33 heavy (non-hydrogen) atoms. The second kappa shape index (κ2) is 11.1. The maximum atomic E-state index is 10.2. The molecular weight excluding hydrogens is 408 g/mol. The molecular formula is C30H48O3. The topological polar surface area (TPSA) is 60.7 Å². The van der Waals surface area contributed by atoms with Crippen molar-refractivity contribution in [2.24, 2.45) is 23.2 Å². The Balaban J connectivity index is 1.62. The van der Waals surface area contributed by atoms with E-state index in [0.29, 0.717) is 30.1 Å². The molecule has 0 bridgehead atoms. The molecule has 3 N–H and O–H groups in total. The van der Waals surface area contributed by atoms with Crippen molar-refractivity contribution in [3.8, 4) is 0 Å². The molecule has 0 unspecified atom stereocenters. The van der Waals surface area contributed by atoms with Gasteiger partial charge in [-0.15, -0.1) is 0 Å². The molecule has 0 aromatic carbocycles. The van der Waals surface area contributed by atoms with E-state index >= 15 is 0 Å². The average Bonchev–Trinajstić information content (AvgIpc) is 3.08. The van der Waals surface area contributed by atoms with Crippen LogP contribution in [0.4, 0.5) is 0 Å². The summed E-state index contributed by atoms with van der Waals surface area (Å²) in [6.07, 6.45) is 19.7. The van der Waals surface area contributed by atoms with Crippen LogP contribution < -0.4 is 0 Å². The lowest BCUT2D eigenvalue weighted by atomic mass is 9.61. The summed E-state index contributed by atoms with van der Waals surface area (Å²) < 4.78 is 0. The van der Waals surface area contributed by atoms with E-state index < -0.39 is 17.8 Å². The van der Waals surface area contributed by atoms with Gasteiger partial charge >= 0.3 is 0 Å². The zero-order valence-corrected chi connectivity index (χ0v) is 21.5. The Bertz CT molecular complexity index is 768. The van der Waals surface area contributed by atoms with Crippen molar-refractivity contribution in [2.45, 2.75) is 116 Å². The lowest BCUT2D eigenvalue weighted by Crippen LogP contribution is -2.35. The lowest BCUT2D eigenvalue weighted by molar-refractivity contribution is 0.0683. The maximum absolute atomic E-state index is 10.2. The summed E-state index contributed by atoms with van der Waals surface area (Å²) in [7, 11) is 0. The molecule has 0 radical (unpaired) electrons. The number of allylic oxidation sites excluding steroid dienone is 5. The number of hydrogen-bond acceptors (Lipinski definition) is 3. The average molecular weight is 457 g/mol. The summed E-state index contributed by atoms with van der Waals surface area (Å²) in [5.41, 5.74) is 3.16. The number of unbranched alkanes of at least 4 members (excludes halogenated alkanes) is 2. The van der Waals surface area contributed by atoms with Gasteiger partial charge in [-0.3, -0.25) is 0 Å². The van der Waals surface area contributed by atoms with Gasteiger partial charge in [-0.25, -0.2) is 0 Å². The lowest BCUT2D eigenvalue weighted by Gasteiger charge is -2.44. The molecule has 3 saturated carbocycles. The van der Waals surface area contributed by atoms with Gasteiger partial charge in [0.2, 0.25) is 0 Å². The number of hydrogen-bond donors (Lipinski definition) is 3. The van der Waals surface area contributed by atoms with E-state index in [4.69, 9.17) is 0 Å². The van der Waals surface area contributed by atoms with Crippen LogP contribution in [0.3, 0.4) is 0 Å².